The topological polar surface area (TPSA) is 55.8 Å². The number of carbonyl (C=O) groups is 1. The molecule has 0 radical (unpaired) electrons. The number of aliphatic hydroxyl groups excluding tert-OH is 1. The summed E-state index contributed by atoms with van der Waals surface area (Å²) in [4.78, 5) is 11.2. The molecule has 0 aromatic heterocycles. The van der Waals surface area contributed by atoms with E-state index in [2.05, 4.69) is 27.3 Å². The van der Waals surface area contributed by atoms with Gasteiger partial charge in [-0.15, -0.1) is 0 Å². The van der Waals surface area contributed by atoms with Crippen LogP contribution in [0.15, 0.2) is 12.1 Å². The number of halogens is 1. The summed E-state index contributed by atoms with van der Waals surface area (Å²) in [6.07, 6.45) is -1.14. The van der Waals surface area contributed by atoms with Crippen molar-refractivity contribution in [2.24, 2.45) is 0 Å². The van der Waals surface area contributed by atoms with Crippen molar-refractivity contribution >= 4 is 28.6 Å². The lowest BCUT2D eigenvalue weighted by Gasteiger charge is -2.05. The quantitative estimate of drug-likeness (QED) is 0.630. The number of esters is 1. The fraction of sp³-hybridized carbons (Fsp3) is 0.222. The molecule has 0 saturated carbocycles. The maximum atomic E-state index is 11.2. The van der Waals surface area contributed by atoms with E-state index >= 15 is 0 Å². The average Bonchev–Trinajstić information content (AvgIpc) is 2.41. The van der Waals surface area contributed by atoms with Crippen molar-refractivity contribution in [2.75, 3.05) is 7.11 Å². The predicted octanol–water partition coefficient (Wildman–Crippen LogP) is 1.46. The number of ether oxygens (including phenoxy) is 2. The van der Waals surface area contributed by atoms with Crippen molar-refractivity contribution in [3.63, 3.8) is 0 Å². The highest BCUT2D eigenvalue weighted by Gasteiger charge is 2.30. The number of rotatable bonds is 1. The third kappa shape index (κ3) is 1.36. The van der Waals surface area contributed by atoms with Crippen LogP contribution < -0.4 is 4.74 Å². The molecule has 1 aliphatic rings. The van der Waals surface area contributed by atoms with Crippen LogP contribution in [0.25, 0.3) is 0 Å². The summed E-state index contributed by atoms with van der Waals surface area (Å²) in [5.74, 6) is 0.0950. The molecule has 1 N–H and O–H groups in total. The Bertz CT molecular complexity index is 402. The molecular formula is C9H7IO4. The molecule has 0 amide bonds. The molecule has 1 unspecified atom stereocenters. The van der Waals surface area contributed by atoms with Crippen LogP contribution in [0.5, 0.6) is 5.75 Å². The highest BCUT2D eigenvalue weighted by atomic mass is 127. The maximum Gasteiger partial charge on any atom is 0.341 e. The smallest absolute Gasteiger partial charge is 0.341 e. The van der Waals surface area contributed by atoms with Crippen LogP contribution in [-0.4, -0.2) is 18.2 Å². The number of hydrogen-bond donors (Lipinski definition) is 1. The minimum absolute atomic E-state index is 0.370. The van der Waals surface area contributed by atoms with Crippen LogP contribution in [0, 0.1) is 3.57 Å². The van der Waals surface area contributed by atoms with Gasteiger partial charge in [0.15, 0.2) is 0 Å². The summed E-state index contributed by atoms with van der Waals surface area (Å²) in [6, 6.07) is 3.26. The molecule has 0 bridgehead atoms. The normalized spacial score (nSPS) is 19.1. The summed E-state index contributed by atoms with van der Waals surface area (Å²) >= 11 is 2.07. The van der Waals surface area contributed by atoms with Crippen molar-refractivity contribution in [1.29, 1.82) is 0 Å². The lowest BCUT2D eigenvalue weighted by molar-refractivity contribution is -0.0548. The number of aliphatic hydroxyl groups is 1. The molecule has 0 fully saturated rings. The first kappa shape index (κ1) is 9.72. The second kappa shape index (κ2) is 3.39. The number of cyclic esters (lactones) is 1. The summed E-state index contributed by atoms with van der Waals surface area (Å²) in [5, 5.41) is 9.35. The summed E-state index contributed by atoms with van der Waals surface area (Å²) < 4.78 is 10.5. The monoisotopic (exact) mass is 306 g/mol. The van der Waals surface area contributed by atoms with Gasteiger partial charge in [0, 0.05) is 5.56 Å². The van der Waals surface area contributed by atoms with Gasteiger partial charge in [0.25, 0.3) is 0 Å². The maximum absolute atomic E-state index is 11.2. The van der Waals surface area contributed by atoms with Gasteiger partial charge < -0.3 is 14.6 Å². The Balaban J connectivity index is 2.60. The van der Waals surface area contributed by atoms with Gasteiger partial charge in [-0.05, 0) is 34.7 Å². The van der Waals surface area contributed by atoms with Gasteiger partial charge in [0.2, 0.25) is 6.29 Å². The second-order valence-electron chi connectivity index (χ2n) is 2.83. The minimum Gasteiger partial charge on any atom is -0.496 e. The zero-order valence-corrected chi connectivity index (χ0v) is 9.44. The first-order chi connectivity index (χ1) is 6.63. The molecule has 0 spiro atoms. The number of fused-ring (bicyclic) bond motifs is 1. The number of hydrogen-bond acceptors (Lipinski definition) is 4. The standard InChI is InChI=1S/C9H7IO4/c1-13-7-3-5-4(2-6(7)10)8(11)14-9(5)12/h2-3,8,11H,1H3. The van der Waals surface area contributed by atoms with Crippen LogP contribution in [0.1, 0.15) is 22.2 Å². The highest BCUT2D eigenvalue weighted by Crippen LogP contribution is 2.34. The Morgan fingerprint density at radius 1 is 1.57 bits per heavy atom. The Morgan fingerprint density at radius 2 is 2.29 bits per heavy atom. The molecule has 4 nitrogen and oxygen atoms in total. The fourth-order valence-corrected chi connectivity index (χ4v) is 2.05. The molecule has 14 heavy (non-hydrogen) atoms. The third-order valence-corrected chi connectivity index (χ3v) is 2.87. The lowest BCUT2D eigenvalue weighted by atomic mass is 10.1. The molecule has 1 aliphatic heterocycles. The van der Waals surface area contributed by atoms with E-state index in [1.165, 1.54) is 7.11 Å². The molecule has 2 rings (SSSR count). The van der Waals surface area contributed by atoms with E-state index in [1.54, 1.807) is 12.1 Å². The van der Waals surface area contributed by atoms with Crippen molar-refractivity contribution in [3.8, 4) is 5.75 Å². The van der Waals surface area contributed by atoms with Crippen molar-refractivity contribution in [2.45, 2.75) is 6.29 Å². The molecule has 74 valence electrons. The van der Waals surface area contributed by atoms with Crippen LogP contribution in [-0.2, 0) is 4.74 Å². The predicted molar refractivity (Wildman–Crippen MR) is 56.1 cm³/mol. The Morgan fingerprint density at radius 3 is 2.93 bits per heavy atom. The molecule has 1 aromatic carbocycles. The Kier molecular flexibility index (Phi) is 2.36. The zero-order valence-electron chi connectivity index (χ0n) is 7.28. The molecule has 1 heterocycles. The van der Waals surface area contributed by atoms with Crippen LogP contribution in [0.2, 0.25) is 0 Å². The average molecular weight is 306 g/mol. The van der Waals surface area contributed by atoms with Crippen LogP contribution in [0.3, 0.4) is 0 Å². The number of benzene rings is 1. The van der Waals surface area contributed by atoms with Crippen LogP contribution in [0.4, 0.5) is 0 Å². The van der Waals surface area contributed by atoms with E-state index in [1.807, 2.05) is 0 Å². The lowest BCUT2D eigenvalue weighted by Crippen LogP contribution is -1.96. The van der Waals surface area contributed by atoms with Crippen molar-refractivity contribution in [3.05, 3.63) is 26.8 Å². The summed E-state index contributed by atoms with van der Waals surface area (Å²) in [7, 11) is 1.53. The van der Waals surface area contributed by atoms with E-state index in [0.717, 1.165) is 3.57 Å². The first-order valence-electron chi connectivity index (χ1n) is 3.90. The Labute approximate surface area is 94.0 Å². The van der Waals surface area contributed by atoms with E-state index in [9.17, 15) is 9.90 Å². The second-order valence-corrected chi connectivity index (χ2v) is 3.99. The first-order valence-corrected chi connectivity index (χ1v) is 4.98. The van der Waals surface area contributed by atoms with Gasteiger partial charge in [-0.25, -0.2) is 4.79 Å². The SMILES string of the molecule is COc1cc2c(cc1I)C(O)OC2=O. The fourth-order valence-electron chi connectivity index (χ4n) is 1.33. The van der Waals surface area contributed by atoms with Crippen molar-refractivity contribution < 1.29 is 19.4 Å². The van der Waals surface area contributed by atoms with Crippen molar-refractivity contribution in [1.82, 2.24) is 0 Å². The van der Waals surface area contributed by atoms with Gasteiger partial charge in [0.1, 0.15) is 5.75 Å². The van der Waals surface area contributed by atoms with E-state index in [4.69, 9.17) is 4.74 Å². The van der Waals surface area contributed by atoms with Gasteiger partial charge >= 0.3 is 5.97 Å². The van der Waals surface area contributed by atoms with Gasteiger partial charge in [-0.3, -0.25) is 0 Å². The minimum atomic E-state index is -1.14. The molecule has 0 aliphatic carbocycles. The van der Waals surface area contributed by atoms with Gasteiger partial charge in [-0.2, -0.15) is 0 Å². The third-order valence-electron chi connectivity index (χ3n) is 2.03. The molecule has 1 atom stereocenters. The summed E-state index contributed by atoms with van der Waals surface area (Å²) in [6.45, 7) is 0. The van der Waals surface area contributed by atoms with E-state index < -0.39 is 12.3 Å². The molecule has 1 aromatic rings. The summed E-state index contributed by atoms with van der Waals surface area (Å²) in [5.41, 5.74) is 0.870. The number of carbonyl (C=O) groups excluding carboxylic acids is 1. The highest BCUT2D eigenvalue weighted by molar-refractivity contribution is 14.1. The Hall–Kier alpha value is -0.820. The molecule has 5 heteroatoms. The largest absolute Gasteiger partial charge is 0.496 e. The van der Waals surface area contributed by atoms with Gasteiger partial charge in [-0.1, -0.05) is 0 Å². The molecule has 0 saturated heterocycles. The number of methoxy groups -OCH3 is 1. The van der Waals surface area contributed by atoms with E-state index in [-0.39, 0.29) is 0 Å². The van der Waals surface area contributed by atoms with Crippen LogP contribution >= 0.6 is 22.6 Å². The molecular weight excluding hydrogens is 299 g/mol. The zero-order chi connectivity index (χ0) is 10.3. The van der Waals surface area contributed by atoms with Gasteiger partial charge in [0.05, 0.1) is 16.2 Å². The van der Waals surface area contributed by atoms with E-state index in [0.29, 0.717) is 16.9 Å².